The highest BCUT2D eigenvalue weighted by Crippen LogP contribution is 2.42. The molecule has 2 amide bonds. The van der Waals surface area contributed by atoms with Crippen molar-refractivity contribution >= 4 is 11.8 Å². The van der Waals surface area contributed by atoms with E-state index in [9.17, 15) is 22.8 Å². The molecule has 20 heavy (non-hydrogen) atoms. The van der Waals surface area contributed by atoms with Gasteiger partial charge >= 0.3 is 18.0 Å². The van der Waals surface area contributed by atoms with Crippen molar-refractivity contribution in [3.63, 3.8) is 0 Å². The Morgan fingerprint density at radius 2 is 1.90 bits per heavy atom. The van der Waals surface area contributed by atoms with Crippen LogP contribution in [0.15, 0.2) is 18.2 Å². The van der Waals surface area contributed by atoms with Gasteiger partial charge in [-0.15, -0.1) is 0 Å². The molecular formula is C13H13F3N2O2. The van der Waals surface area contributed by atoms with Crippen LogP contribution in [0.5, 0.6) is 0 Å². The van der Waals surface area contributed by atoms with Crippen LogP contribution in [0.1, 0.15) is 35.4 Å². The van der Waals surface area contributed by atoms with Crippen molar-refractivity contribution in [1.82, 2.24) is 5.32 Å². The number of hydrogen-bond donors (Lipinski definition) is 2. The van der Waals surface area contributed by atoms with Gasteiger partial charge in [0.1, 0.15) is 0 Å². The Balaban J connectivity index is 2.21. The maximum Gasteiger partial charge on any atom is 0.416 e. The second-order valence-corrected chi connectivity index (χ2v) is 4.78. The Bertz CT molecular complexity index is 551. The van der Waals surface area contributed by atoms with Gasteiger partial charge in [-0.25, -0.2) is 0 Å². The van der Waals surface area contributed by atoms with Gasteiger partial charge in [-0.3, -0.25) is 9.59 Å². The average molecular weight is 286 g/mol. The molecule has 1 fully saturated rings. The molecule has 0 aliphatic heterocycles. The molecule has 4 nitrogen and oxygen atoms in total. The normalized spacial score (nSPS) is 14.9. The summed E-state index contributed by atoms with van der Waals surface area (Å²) in [7, 11) is 0. The summed E-state index contributed by atoms with van der Waals surface area (Å²) >= 11 is 0. The van der Waals surface area contributed by atoms with Crippen molar-refractivity contribution in [3.05, 3.63) is 34.9 Å². The standard InChI is InChI=1S/C13H13F3N2O2/c14-13(15,16)10-4-7(6-18-12(20)11(17)19)3-9(5-10)8-1-2-8/h3-5,8H,1-2,6H2,(H2,17,19)(H,18,20). The van der Waals surface area contributed by atoms with E-state index in [-0.39, 0.29) is 12.5 Å². The third-order valence-electron chi connectivity index (χ3n) is 3.07. The van der Waals surface area contributed by atoms with Crippen LogP contribution in [-0.2, 0) is 22.3 Å². The summed E-state index contributed by atoms with van der Waals surface area (Å²) in [5.74, 6) is -2.03. The molecule has 3 N–H and O–H groups in total. The van der Waals surface area contributed by atoms with Crippen LogP contribution in [0.2, 0.25) is 0 Å². The largest absolute Gasteiger partial charge is 0.416 e. The van der Waals surface area contributed by atoms with Gasteiger partial charge in [-0.1, -0.05) is 6.07 Å². The first-order valence-corrected chi connectivity index (χ1v) is 6.06. The van der Waals surface area contributed by atoms with E-state index in [2.05, 4.69) is 5.32 Å². The number of primary amides is 1. The lowest BCUT2D eigenvalue weighted by Crippen LogP contribution is -2.35. The Labute approximate surface area is 113 Å². The number of carbonyl (C=O) groups excluding carboxylic acids is 2. The third-order valence-corrected chi connectivity index (χ3v) is 3.07. The van der Waals surface area contributed by atoms with Crippen molar-refractivity contribution in [2.24, 2.45) is 5.73 Å². The van der Waals surface area contributed by atoms with Gasteiger partial charge in [-0.05, 0) is 42.0 Å². The molecular weight excluding hydrogens is 273 g/mol. The van der Waals surface area contributed by atoms with Crippen LogP contribution in [0.3, 0.4) is 0 Å². The summed E-state index contributed by atoms with van der Waals surface area (Å²) in [5, 5.41) is 2.18. The Morgan fingerprint density at radius 3 is 2.40 bits per heavy atom. The summed E-state index contributed by atoms with van der Waals surface area (Å²) in [4.78, 5) is 21.6. The smallest absolute Gasteiger partial charge is 0.361 e. The van der Waals surface area contributed by atoms with Gasteiger partial charge in [0.25, 0.3) is 0 Å². The molecule has 0 aromatic heterocycles. The molecule has 0 unspecified atom stereocenters. The number of amides is 2. The van der Waals surface area contributed by atoms with E-state index < -0.39 is 23.6 Å². The van der Waals surface area contributed by atoms with Gasteiger partial charge in [-0.2, -0.15) is 13.2 Å². The summed E-state index contributed by atoms with van der Waals surface area (Å²) in [6.45, 7) is -0.161. The summed E-state index contributed by atoms with van der Waals surface area (Å²) in [6, 6.07) is 3.72. The van der Waals surface area contributed by atoms with E-state index in [4.69, 9.17) is 5.73 Å². The highest BCUT2D eigenvalue weighted by molar-refractivity contribution is 6.34. The predicted molar refractivity (Wildman–Crippen MR) is 64.5 cm³/mol. The summed E-state index contributed by atoms with van der Waals surface area (Å²) in [5.41, 5.74) is 4.93. The zero-order valence-corrected chi connectivity index (χ0v) is 10.5. The first-order valence-electron chi connectivity index (χ1n) is 6.06. The van der Waals surface area contributed by atoms with E-state index in [1.165, 1.54) is 0 Å². The number of benzene rings is 1. The number of alkyl halides is 3. The fraction of sp³-hybridized carbons (Fsp3) is 0.385. The second kappa shape index (κ2) is 5.15. The summed E-state index contributed by atoms with van der Waals surface area (Å²) in [6.07, 6.45) is -2.70. The van der Waals surface area contributed by atoms with E-state index >= 15 is 0 Å². The molecule has 0 bridgehead atoms. The number of halogens is 3. The molecule has 1 aromatic rings. The predicted octanol–water partition coefficient (Wildman–Crippen LogP) is 1.68. The molecule has 0 spiro atoms. The Hall–Kier alpha value is -2.05. The Kier molecular flexibility index (Phi) is 3.69. The van der Waals surface area contributed by atoms with Crippen molar-refractivity contribution in [1.29, 1.82) is 0 Å². The SMILES string of the molecule is NC(=O)C(=O)NCc1cc(C2CC2)cc(C(F)(F)F)c1. The maximum atomic E-state index is 12.8. The van der Waals surface area contributed by atoms with Crippen LogP contribution in [0.25, 0.3) is 0 Å². The highest BCUT2D eigenvalue weighted by atomic mass is 19.4. The lowest BCUT2D eigenvalue weighted by atomic mass is 10.0. The minimum absolute atomic E-state index is 0.155. The van der Waals surface area contributed by atoms with E-state index in [0.717, 1.165) is 25.0 Å². The van der Waals surface area contributed by atoms with Crippen LogP contribution in [-0.4, -0.2) is 11.8 Å². The molecule has 1 saturated carbocycles. The highest BCUT2D eigenvalue weighted by Gasteiger charge is 2.33. The van der Waals surface area contributed by atoms with Crippen molar-refractivity contribution in [2.45, 2.75) is 31.5 Å². The summed E-state index contributed by atoms with van der Waals surface area (Å²) < 4.78 is 38.4. The number of hydrogen-bond acceptors (Lipinski definition) is 2. The fourth-order valence-corrected chi connectivity index (χ4v) is 1.91. The molecule has 1 aromatic carbocycles. The monoisotopic (exact) mass is 286 g/mol. The molecule has 0 radical (unpaired) electrons. The average Bonchev–Trinajstić information content (AvgIpc) is 3.18. The number of nitrogens with two attached hydrogens (primary N) is 1. The first kappa shape index (κ1) is 14.4. The molecule has 1 aliphatic carbocycles. The zero-order valence-electron chi connectivity index (χ0n) is 10.5. The van der Waals surface area contributed by atoms with E-state index in [1.54, 1.807) is 6.07 Å². The number of carbonyl (C=O) groups is 2. The first-order chi connectivity index (χ1) is 9.27. The molecule has 0 saturated heterocycles. The topological polar surface area (TPSA) is 72.2 Å². The molecule has 0 heterocycles. The van der Waals surface area contributed by atoms with E-state index in [0.29, 0.717) is 11.1 Å². The molecule has 2 rings (SSSR count). The maximum absolute atomic E-state index is 12.8. The Morgan fingerprint density at radius 1 is 1.25 bits per heavy atom. The molecule has 1 aliphatic rings. The molecule has 108 valence electrons. The molecule has 0 atom stereocenters. The second-order valence-electron chi connectivity index (χ2n) is 4.78. The minimum atomic E-state index is -4.44. The van der Waals surface area contributed by atoms with Crippen LogP contribution >= 0.6 is 0 Å². The third kappa shape index (κ3) is 3.49. The van der Waals surface area contributed by atoms with Gasteiger partial charge in [0.05, 0.1) is 5.56 Å². The van der Waals surface area contributed by atoms with E-state index in [1.807, 2.05) is 0 Å². The van der Waals surface area contributed by atoms with Crippen molar-refractivity contribution in [2.75, 3.05) is 0 Å². The fourth-order valence-electron chi connectivity index (χ4n) is 1.91. The van der Waals surface area contributed by atoms with Crippen LogP contribution < -0.4 is 11.1 Å². The van der Waals surface area contributed by atoms with Crippen molar-refractivity contribution < 1.29 is 22.8 Å². The lowest BCUT2D eigenvalue weighted by Gasteiger charge is -2.12. The van der Waals surface area contributed by atoms with Gasteiger partial charge in [0.15, 0.2) is 0 Å². The molecule has 7 heteroatoms. The van der Waals surface area contributed by atoms with Crippen molar-refractivity contribution in [3.8, 4) is 0 Å². The van der Waals surface area contributed by atoms with Gasteiger partial charge in [0, 0.05) is 6.54 Å². The lowest BCUT2D eigenvalue weighted by molar-refractivity contribution is -0.137. The minimum Gasteiger partial charge on any atom is -0.361 e. The zero-order chi connectivity index (χ0) is 14.9. The number of rotatable bonds is 3. The van der Waals surface area contributed by atoms with Gasteiger partial charge < -0.3 is 11.1 Å². The quantitative estimate of drug-likeness (QED) is 0.830. The number of nitrogens with one attached hydrogen (secondary N) is 1. The van der Waals surface area contributed by atoms with Crippen LogP contribution in [0, 0.1) is 0 Å². The van der Waals surface area contributed by atoms with Crippen LogP contribution in [0.4, 0.5) is 13.2 Å². The van der Waals surface area contributed by atoms with Gasteiger partial charge in [0.2, 0.25) is 0 Å².